The van der Waals surface area contributed by atoms with Crippen molar-refractivity contribution >= 4 is 27.5 Å². The number of aromatic nitrogens is 1. The van der Waals surface area contributed by atoms with E-state index in [1.807, 2.05) is 23.2 Å². The van der Waals surface area contributed by atoms with Gasteiger partial charge in [0.15, 0.2) is 0 Å². The van der Waals surface area contributed by atoms with E-state index in [1.54, 1.807) is 24.4 Å². The van der Waals surface area contributed by atoms with Crippen molar-refractivity contribution in [3.63, 3.8) is 0 Å². The van der Waals surface area contributed by atoms with Crippen LogP contribution in [0.5, 0.6) is 0 Å². The Kier molecular flexibility index (Phi) is 3.92. The van der Waals surface area contributed by atoms with Crippen molar-refractivity contribution in [1.29, 1.82) is 0 Å². The Labute approximate surface area is 132 Å². The Bertz CT molecular complexity index is 660. The maximum Gasteiger partial charge on any atom is 0.254 e. The summed E-state index contributed by atoms with van der Waals surface area (Å²) in [4.78, 5) is 18.8. The molecule has 4 nitrogen and oxygen atoms in total. The van der Waals surface area contributed by atoms with Crippen molar-refractivity contribution in [3.8, 4) is 0 Å². The van der Waals surface area contributed by atoms with Crippen LogP contribution in [-0.2, 0) is 0 Å². The summed E-state index contributed by atoms with van der Waals surface area (Å²) in [7, 11) is 0. The number of benzene rings is 1. The summed E-state index contributed by atoms with van der Waals surface area (Å²) in [5, 5.41) is 0. The highest BCUT2D eigenvalue weighted by atomic mass is 79.9. The van der Waals surface area contributed by atoms with Gasteiger partial charge in [-0.15, -0.1) is 0 Å². The molecule has 1 saturated heterocycles. The van der Waals surface area contributed by atoms with E-state index in [0.717, 1.165) is 29.4 Å². The van der Waals surface area contributed by atoms with E-state index in [9.17, 15) is 4.79 Å². The minimum Gasteiger partial charge on any atom is -0.398 e. The third-order valence-electron chi connectivity index (χ3n) is 3.83. The summed E-state index contributed by atoms with van der Waals surface area (Å²) in [6, 6.07) is 9.38. The normalized spacial score (nSPS) is 18.0. The highest BCUT2D eigenvalue weighted by Gasteiger charge is 2.30. The van der Waals surface area contributed by atoms with E-state index in [0.29, 0.717) is 11.3 Å². The number of nitrogens with two attached hydrogens (primary N) is 1. The number of pyridine rings is 1. The average molecular weight is 346 g/mol. The molecule has 0 radical (unpaired) electrons. The average Bonchev–Trinajstić information content (AvgIpc) is 2.99. The highest BCUT2D eigenvalue weighted by molar-refractivity contribution is 9.10. The summed E-state index contributed by atoms with van der Waals surface area (Å²) in [6.45, 7) is 0.778. The molecule has 3 rings (SSSR count). The molecule has 1 aromatic heterocycles. The van der Waals surface area contributed by atoms with E-state index in [4.69, 9.17) is 5.73 Å². The van der Waals surface area contributed by atoms with E-state index in [-0.39, 0.29) is 11.9 Å². The number of anilines is 1. The van der Waals surface area contributed by atoms with Crippen molar-refractivity contribution in [3.05, 3.63) is 58.3 Å². The fourth-order valence-electron chi connectivity index (χ4n) is 2.76. The molecule has 0 spiro atoms. The number of nitrogens with zero attached hydrogens (tertiary/aromatic N) is 2. The zero-order valence-electron chi connectivity index (χ0n) is 11.5. The molecule has 1 fully saturated rings. The Balaban J connectivity index is 1.88. The summed E-state index contributed by atoms with van der Waals surface area (Å²) in [6.07, 6.45) is 5.59. The van der Waals surface area contributed by atoms with Gasteiger partial charge in [-0.25, -0.2) is 0 Å². The third-order valence-corrected chi connectivity index (χ3v) is 4.52. The predicted molar refractivity (Wildman–Crippen MR) is 85.8 cm³/mol. The second-order valence-electron chi connectivity index (χ2n) is 5.18. The Morgan fingerprint density at radius 3 is 2.95 bits per heavy atom. The smallest absolute Gasteiger partial charge is 0.254 e. The van der Waals surface area contributed by atoms with E-state index >= 15 is 0 Å². The molecule has 2 N–H and O–H groups in total. The van der Waals surface area contributed by atoms with E-state index < -0.39 is 0 Å². The van der Waals surface area contributed by atoms with Gasteiger partial charge in [-0.3, -0.25) is 9.78 Å². The zero-order chi connectivity index (χ0) is 14.8. The molecular formula is C16H16BrN3O. The molecule has 1 aliphatic heterocycles. The predicted octanol–water partition coefficient (Wildman–Crippen LogP) is 3.40. The number of carbonyl (C=O) groups excluding carboxylic acids is 1. The molecule has 21 heavy (non-hydrogen) atoms. The molecule has 108 valence electrons. The maximum absolute atomic E-state index is 12.7. The molecule has 2 aromatic rings. The van der Waals surface area contributed by atoms with E-state index in [1.165, 1.54) is 0 Å². The van der Waals surface area contributed by atoms with Gasteiger partial charge in [0.1, 0.15) is 0 Å². The minimum atomic E-state index is 0.0436. The number of carbonyl (C=O) groups is 1. The lowest BCUT2D eigenvalue weighted by Crippen LogP contribution is -2.30. The van der Waals surface area contributed by atoms with Crippen LogP contribution in [0.4, 0.5) is 5.69 Å². The number of halogens is 1. The van der Waals surface area contributed by atoms with Gasteiger partial charge in [0, 0.05) is 34.7 Å². The molecule has 0 bridgehead atoms. The summed E-state index contributed by atoms with van der Waals surface area (Å²) in [5.41, 5.74) is 8.17. The molecule has 0 saturated carbocycles. The van der Waals surface area contributed by atoms with Crippen LogP contribution in [-0.4, -0.2) is 22.3 Å². The van der Waals surface area contributed by atoms with Crippen molar-refractivity contribution in [2.45, 2.75) is 18.9 Å². The molecule has 1 aliphatic rings. The fourth-order valence-corrected chi connectivity index (χ4v) is 3.13. The van der Waals surface area contributed by atoms with Crippen LogP contribution in [0.2, 0.25) is 0 Å². The van der Waals surface area contributed by atoms with Gasteiger partial charge in [-0.05, 0) is 58.6 Å². The van der Waals surface area contributed by atoms with E-state index in [2.05, 4.69) is 20.9 Å². The van der Waals surface area contributed by atoms with Crippen LogP contribution in [0.3, 0.4) is 0 Å². The molecule has 1 aromatic carbocycles. The molecular weight excluding hydrogens is 330 g/mol. The van der Waals surface area contributed by atoms with Crippen LogP contribution in [0, 0.1) is 0 Å². The standard InChI is InChI=1S/C16H16BrN3O/c17-13-9-11(5-6-14(13)18)16(21)20-8-2-4-15(20)12-3-1-7-19-10-12/h1,3,5-7,9-10,15H,2,4,8,18H2. The Morgan fingerprint density at radius 1 is 1.38 bits per heavy atom. The lowest BCUT2D eigenvalue weighted by Gasteiger charge is -2.25. The number of nitrogen functional groups attached to an aromatic ring is 1. The molecule has 1 atom stereocenters. The summed E-state index contributed by atoms with van der Waals surface area (Å²) in [5.74, 6) is 0.0436. The first-order valence-corrected chi connectivity index (χ1v) is 7.72. The van der Waals surface area contributed by atoms with Crippen LogP contribution >= 0.6 is 15.9 Å². The quantitative estimate of drug-likeness (QED) is 0.848. The molecule has 1 unspecified atom stereocenters. The largest absolute Gasteiger partial charge is 0.398 e. The third kappa shape index (κ3) is 2.78. The first-order chi connectivity index (χ1) is 10.2. The lowest BCUT2D eigenvalue weighted by molar-refractivity contribution is 0.0735. The first kappa shape index (κ1) is 14.1. The minimum absolute atomic E-state index is 0.0436. The topological polar surface area (TPSA) is 59.2 Å². The van der Waals surface area contributed by atoms with Crippen molar-refractivity contribution in [1.82, 2.24) is 9.88 Å². The molecule has 5 heteroatoms. The number of likely N-dealkylation sites (tertiary alicyclic amines) is 1. The van der Waals surface area contributed by atoms with Crippen molar-refractivity contribution < 1.29 is 4.79 Å². The number of hydrogen-bond donors (Lipinski definition) is 1. The van der Waals surface area contributed by atoms with Crippen molar-refractivity contribution in [2.75, 3.05) is 12.3 Å². The second kappa shape index (κ2) is 5.85. The monoisotopic (exact) mass is 345 g/mol. The van der Waals surface area contributed by atoms with Crippen LogP contribution in [0.15, 0.2) is 47.2 Å². The van der Waals surface area contributed by atoms with Gasteiger partial charge < -0.3 is 10.6 Å². The van der Waals surface area contributed by atoms with Crippen LogP contribution < -0.4 is 5.73 Å². The maximum atomic E-state index is 12.7. The summed E-state index contributed by atoms with van der Waals surface area (Å²) >= 11 is 3.38. The van der Waals surface area contributed by atoms with Crippen LogP contribution in [0.1, 0.15) is 34.8 Å². The lowest BCUT2D eigenvalue weighted by atomic mass is 10.1. The number of rotatable bonds is 2. The van der Waals surface area contributed by atoms with Gasteiger partial charge in [-0.1, -0.05) is 6.07 Å². The number of amides is 1. The SMILES string of the molecule is Nc1ccc(C(=O)N2CCCC2c2cccnc2)cc1Br. The van der Waals surface area contributed by atoms with Gasteiger partial charge in [-0.2, -0.15) is 0 Å². The highest BCUT2D eigenvalue weighted by Crippen LogP contribution is 2.33. The van der Waals surface area contributed by atoms with Crippen LogP contribution in [0.25, 0.3) is 0 Å². The number of hydrogen-bond acceptors (Lipinski definition) is 3. The second-order valence-corrected chi connectivity index (χ2v) is 6.03. The van der Waals surface area contributed by atoms with Gasteiger partial charge in [0.25, 0.3) is 5.91 Å². The zero-order valence-corrected chi connectivity index (χ0v) is 13.1. The van der Waals surface area contributed by atoms with Gasteiger partial charge in [0.2, 0.25) is 0 Å². The molecule has 2 heterocycles. The molecule has 1 amide bonds. The Morgan fingerprint density at radius 2 is 2.24 bits per heavy atom. The van der Waals surface area contributed by atoms with Gasteiger partial charge in [0.05, 0.1) is 6.04 Å². The van der Waals surface area contributed by atoms with Crippen molar-refractivity contribution in [2.24, 2.45) is 0 Å². The molecule has 0 aliphatic carbocycles. The van der Waals surface area contributed by atoms with Gasteiger partial charge >= 0.3 is 0 Å². The summed E-state index contributed by atoms with van der Waals surface area (Å²) < 4.78 is 0.755. The fraction of sp³-hybridized carbons (Fsp3) is 0.250. The first-order valence-electron chi connectivity index (χ1n) is 6.93. The Hall–Kier alpha value is -1.88.